The molecular weight excluding hydrogens is 168 g/mol. The lowest BCUT2D eigenvalue weighted by Crippen LogP contribution is -2.32. The monoisotopic (exact) mass is 180 g/mol. The van der Waals surface area contributed by atoms with E-state index in [9.17, 15) is 4.79 Å². The molecule has 2 heterocycles. The van der Waals surface area contributed by atoms with E-state index in [-0.39, 0.29) is 11.8 Å². The van der Waals surface area contributed by atoms with Crippen molar-refractivity contribution in [3.05, 3.63) is 17.8 Å². The first-order valence-electron chi connectivity index (χ1n) is 4.43. The van der Waals surface area contributed by atoms with Crippen LogP contribution < -0.4 is 5.32 Å². The van der Waals surface area contributed by atoms with Crippen LogP contribution >= 0.6 is 0 Å². The highest BCUT2D eigenvalue weighted by atomic mass is 16.3. The van der Waals surface area contributed by atoms with Gasteiger partial charge in [-0.2, -0.15) is 0 Å². The topological polar surface area (TPSA) is 55.1 Å². The molecule has 70 valence electrons. The molecule has 1 aliphatic rings. The standard InChI is InChI=1S/C9H12N2O2/c1-6-5-13-9(11-6)8-4-7(12)2-3-10-8/h5,8,10H,2-4H2,1H3. The molecule has 2 rings (SSSR count). The number of carbonyl (C=O) groups excluding carboxylic acids is 1. The van der Waals surface area contributed by atoms with Gasteiger partial charge in [0.15, 0.2) is 0 Å². The third-order valence-electron chi connectivity index (χ3n) is 2.16. The molecule has 1 unspecified atom stereocenters. The van der Waals surface area contributed by atoms with Gasteiger partial charge in [-0.05, 0) is 6.92 Å². The van der Waals surface area contributed by atoms with E-state index >= 15 is 0 Å². The lowest BCUT2D eigenvalue weighted by Gasteiger charge is -2.19. The van der Waals surface area contributed by atoms with Crippen molar-refractivity contribution in [1.82, 2.24) is 10.3 Å². The summed E-state index contributed by atoms with van der Waals surface area (Å²) in [6.07, 6.45) is 2.73. The van der Waals surface area contributed by atoms with Crippen LogP contribution in [0.25, 0.3) is 0 Å². The number of rotatable bonds is 1. The number of oxazole rings is 1. The van der Waals surface area contributed by atoms with E-state index < -0.39 is 0 Å². The molecule has 1 aliphatic heterocycles. The van der Waals surface area contributed by atoms with Gasteiger partial charge >= 0.3 is 0 Å². The number of hydrogen-bond acceptors (Lipinski definition) is 4. The number of Topliss-reactive ketones (excluding diaryl/α,β-unsaturated/α-hetero) is 1. The van der Waals surface area contributed by atoms with Crippen molar-refractivity contribution in [2.75, 3.05) is 6.54 Å². The Morgan fingerprint density at radius 2 is 2.54 bits per heavy atom. The molecule has 0 saturated carbocycles. The lowest BCUT2D eigenvalue weighted by atomic mass is 10.0. The van der Waals surface area contributed by atoms with Crippen molar-refractivity contribution >= 4 is 5.78 Å². The summed E-state index contributed by atoms with van der Waals surface area (Å²) in [7, 11) is 0. The Balaban J connectivity index is 2.12. The zero-order valence-electron chi connectivity index (χ0n) is 7.54. The van der Waals surface area contributed by atoms with Crippen LogP contribution in [0.15, 0.2) is 10.7 Å². The van der Waals surface area contributed by atoms with Crippen LogP contribution in [0, 0.1) is 6.92 Å². The fraction of sp³-hybridized carbons (Fsp3) is 0.556. The Morgan fingerprint density at radius 3 is 3.15 bits per heavy atom. The van der Waals surface area contributed by atoms with Crippen molar-refractivity contribution in [2.45, 2.75) is 25.8 Å². The normalized spacial score (nSPS) is 23.5. The quantitative estimate of drug-likeness (QED) is 0.699. The summed E-state index contributed by atoms with van der Waals surface area (Å²) < 4.78 is 5.23. The molecule has 0 radical (unpaired) electrons. The molecule has 1 aromatic heterocycles. The average molecular weight is 180 g/mol. The van der Waals surface area contributed by atoms with Crippen LogP contribution in [-0.2, 0) is 4.79 Å². The van der Waals surface area contributed by atoms with Gasteiger partial charge in [0.05, 0.1) is 11.7 Å². The summed E-state index contributed by atoms with van der Waals surface area (Å²) in [5.74, 6) is 0.908. The van der Waals surface area contributed by atoms with Gasteiger partial charge in [-0.15, -0.1) is 0 Å². The predicted molar refractivity (Wildman–Crippen MR) is 46.2 cm³/mol. The van der Waals surface area contributed by atoms with Gasteiger partial charge in [-0.3, -0.25) is 4.79 Å². The van der Waals surface area contributed by atoms with Gasteiger partial charge in [-0.25, -0.2) is 4.98 Å². The number of nitrogens with zero attached hydrogens (tertiary/aromatic N) is 1. The molecule has 0 bridgehead atoms. The minimum atomic E-state index is -0.0186. The fourth-order valence-electron chi connectivity index (χ4n) is 1.49. The van der Waals surface area contributed by atoms with E-state index in [4.69, 9.17) is 4.42 Å². The van der Waals surface area contributed by atoms with Crippen LogP contribution in [0.1, 0.15) is 30.5 Å². The first kappa shape index (κ1) is 8.44. The summed E-state index contributed by atoms with van der Waals surface area (Å²) in [5, 5.41) is 3.20. The number of aromatic nitrogens is 1. The minimum Gasteiger partial charge on any atom is -0.447 e. The van der Waals surface area contributed by atoms with Crippen molar-refractivity contribution in [3.8, 4) is 0 Å². The number of carbonyl (C=O) groups is 1. The Labute approximate surface area is 76.3 Å². The Kier molecular flexibility index (Phi) is 2.14. The largest absolute Gasteiger partial charge is 0.447 e. The van der Waals surface area contributed by atoms with Gasteiger partial charge in [0.25, 0.3) is 0 Å². The highest BCUT2D eigenvalue weighted by molar-refractivity contribution is 5.80. The zero-order chi connectivity index (χ0) is 9.26. The smallest absolute Gasteiger partial charge is 0.211 e. The number of nitrogens with one attached hydrogen (secondary N) is 1. The van der Waals surface area contributed by atoms with Crippen LogP contribution in [0.5, 0.6) is 0 Å². The van der Waals surface area contributed by atoms with Gasteiger partial charge in [-0.1, -0.05) is 0 Å². The van der Waals surface area contributed by atoms with Gasteiger partial charge in [0.2, 0.25) is 5.89 Å². The summed E-state index contributed by atoms with van der Waals surface area (Å²) in [6, 6.07) is -0.0186. The van der Waals surface area contributed by atoms with Crippen LogP contribution in [0.2, 0.25) is 0 Å². The lowest BCUT2D eigenvalue weighted by molar-refractivity contribution is -0.120. The van der Waals surface area contributed by atoms with Gasteiger partial charge < -0.3 is 9.73 Å². The zero-order valence-corrected chi connectivity index (χ0v) is 7.54. The molecule has 1 aromatic rings. The molecule has 1 saturated heterocycles. The van der Waals surface area contributed by atoms with E-state index in [2.05, 4.69) is 10.3 Å². The maximum absolute atomic E-state index is 11.1. The first-order valence-corrected chi connectivity index (χ1v) is 4.43. The molecule has 1 fully saturated rings. The molecule has 1 atom stereocenters. The van der Waals surface area contributed by atoms with Crippen LogP contribution in [0.3, 0.4) is 0 Å². The van der Waals surface area contributed by atoms with Crippen molar-refractivity contribution in [3.63, 3.8) is 0 Å². The Morgan fingerprint density at radius 1 is 1.69 bits per heavy atom. The van der Waals surface area contributed by atoms with Crippen LogP contribution in [-0.4, -0.2) is 17.3 Å². The SMILES string of the molecule is Cc1coc(C2CC(=O)CCN2)n1. The maximum Gasteiger partial charge on any atom is 0.211 e. The molecule has 0 aromatic carbocycles. The first-order chi connectivity index (χ1) is 6.25. The molecule has 0 amide bonds. The van der Waals surface area contributed by atoms with Crippen molar-refractivity contribution in [2.24, 2.45) is 0 Å². The second kappa shape index (κ2) is 3.30. The molecule has 0 spiro atoms. The van der Waals surface area contributed by atoms with Gasteiger partial charge in [0.1, 0.15) is 12.0 Å². The van der Waals surface area contributed by atoms with E-state index in [1.165, 1.54) is 0 Å². The third-order valence-corrected chi connectivity index (χ3v) is 2.16. The number of hydrogen-bond donors (Lipinski definition) is 1. The predicted octanol–water partition coefficient (Wildman–Crippen LogP) is 0.977. The van der Waals surface area contributed by atoms with E-state index in [0.717, 1.165) is 12.2 Å². The molecule has 4 nitrogen and oxygen atoms in total. The highest BCUT2D eigenvalue weighted by Gasteiger charge is 2.23. The summed E-state index contributed by atoms with van der Waals surface area (Å²) in [5.41, 5.74) is 0.856. The molecule has 4 heteroatoms. The number of piperidine rings is 1. The molecule has 13 heavy (non-hydrogen) atoms. The van der Waals surface area contributed by atoms with E-state index in [1.807, 2.05) is 6.92 Å². The second-order valence-electron chi connectivity index (χ2n) is 3.33. The van der Waals surface area contributed by atoms with Crippen molar-refractivity contribution < 1.29 is 9.21 Å². The molecular formula is C9H12N2O2. The Bertz CT molecular complexity index is 319. The third kappa shape index (κ3) is 1.78. The molecule has 1 N–H and O–H groups in total. The van der Waals surface area contributed by atoms with Crippen LogP contribution in [0.4, 0.5) is 0 Å². The Hall–Kier alpha value is -1.16. The number of aryl methyl sites for hydroxylation is 1. The summed E-state index contributed by atoms with van der Waals surface area (Å²) in [6.45, 7) is 2.60. The summed E-state index contributed by atoms with van der Waals surface area (Å²) >= 11 is 0. The van der Waals surface area contributed by atoms with Gasteiger partial charge in [0, 0.05) is 19.4 Å². The average Bonchev–Trinajstić information content (AvgIpc) is 2.52. The molecule has 0 aliphatic carbocycles. The minimum absolute atomic E-state index is 0.0186. The number of ketones is 1. The maximum atomic E-state index is 11.1. The van der Waals surface area contributed by atoms with Crippen molar-refractivity contribution in [1.29, 1.82) is 0 Å². The summed E-state index contributed by atoms with van der Waals surface area (Å²) in [4.78, 5) is 15.3. The highest BCUT2D eigenvalue weighted by Crippen LogP contribution is 2.19. The van der Waals surface area contributed by atoms with E-state index in [1.54, 1.807) is 6.26 Å². The van der Waals surface area contributed by atoms with E-state index in [0.29, 0.717) is 18.7 Å². The second-order valence-corrected chi connectivity index (χ2v) is 3.33. The fourth-order valence-corrected chi connectivity index (χ4v) is 1.49.